The predicted octanol–water partition coefficient (Wildman–Crippen LogP) is 1.47. The van der Waals surface area contributed by atoms with Gasteiger partial charge in [-0.15, -0.1) is 0 Å². The molecule has 6 heteroatoms. The maximum atomic E-state index is 8.87. The first-order valence-corrected chi connectivity index (χ1v) is 6.26. The molecule has 2 aromatic heterocycles. The van der Waals surface area contributed by atoms with E-state index in [1.54, 1.807) is 25.5 Å². The van der Waals surface area contributed by atoms with E-state index in [0.717, 1.165) is 18.8 Å². The van der Waals surface area contributed by atoms with Crippen molar-refractivity contribution in [2.75, 3.05) is 30.4 Å². The molecule has 2 aromatic rings. The first kappa shape index (κ1) is 13.7. The number of likely N-dealkylation sites (N-methyl/N-ethyl adjacent to an activating group) is 1. The van der Waals surface area contributed by atoms with Crippen molar-refractivity contribution >= 4 is 11.6 Å². The van der Waals surface area contributed by atoms with Crippen LogP contribution in [-0.2, 0) is 6.42 Å². The predicted molar refractivity (Wildman–Crippen MR) is 77.3 cm³/mol. The van der Waals surface area contributed by atoms with E-state index in [1.807, 2.05) is 30.3 Å². The molecule has 0 aliphatic heterocycles. The fraction of sp³-hybridized carbons (Fsp3) is 0.286. The molecule has 0 bridgehead atoms. The minimum absolute atomic E-state index is 0.591. The summed E-state index contributed by atoms with van der Waals surface area (Å²) < 4.78 is 0. The molecule has 0 N–H and O–H groups in total. The van der Waals surface area contributed by atoms with Crippen molar-refractivity contribution < 1.29 is 0 Å². The molecule has 0 atom stereocenters. The van der Waals surface area contributed by atoms with Crippen LogP contribution in [0.15, 0.2) is 36.9 Å². The van der Waals surface area contributed by atoms with E-state index in [1.165, 1.54) is 16.8 Å². The Morgan fingerprint density at radius 2 is 1.85 bits per heavy atom. The SMILES string of the molecule is CN(C#N)c1cc(N(C)CCc2ccncc2)ncn1. The van der Waals surface area contributed by atoms with E-state index in [9.17, 15) is 0 Å². The Kier molecular flexibility index (Phi) is 4.45. The molecule has 0 unspecified atom stereocenters. The standard InChI is InChI=1S/C14H16N6/c1-19(8-5-12-3-6-16-7-4-12)13-9-14(18-11-17-13)20(2)10-15/h3-4,6-7,9,11H,5,8H2,1-2H3. The Hall–Kier alpha value is -2.68. The van der Waals surface area contributed by atoms with Crippen LogP contribution in [0, 0.1) is 11.5 Å². The van der Waals surface area contributed by atoms with E-state index in [0.29, 0.717) is 5.82 Å². The van der Waals surface area contributed by atoms with Gasteiger partial charge in [0.25, 0.3) is 0 Å². The minimum Gasteiger partial charge on any atom is -0.359 e. The smallest absolute Gasteiger partial charge is 0.185 e. The van der Waals surface area contributed by atoms with Gasteiger partial charge in [-0.2, -0.15) is 5.26 Å². The maximum absolute atomic E-state index is 8.87. The Labute approximate surface area is 118 Å². The molecule has 0 spiro atoms. The first-order chi connectivity index (χ1) is 9.70. The molecule has 0 aromatic carbocycles. The van der Waals surface area contributed by atoms with Crippen LogP contribution in [-0.4, -0.2) is 35.6 Å². The van der Waals surface area contributed by atoms with Crippen LogP contribution in [0.25, 0.3) is 0 Å². The Bertz CT molecular complexity index is 592. The van der Waals surface area contributed by atoms with Crippen LogP contribution in [0.5, 0.6) is 0 Å². The van der Waals surface area contributed by atoms with Crippen molar-refractivity contribution in [1.82, 2.24) is 15.0 Å². The minimum atomic E-state index is 0.591. The molecule has 0 fully saturated rings. The molecule has 20 heavy (non-hydrogen) atoms. The molecule has 0 radical (unpaired) electrons. The zero-order valence-electron chi connectivity index (χ0n) is 11.6. The fourth-order valence-corrected chi connectivity index (χ4v) is 1.74. The van der Waals surface area contributed by atoms with Crippen molar-refractivity contribution in [3.8, 4) is 6.19 Å². The molecule has 2 rings (SSSR count). The first-order valence-electron chi connectivity index (χ1n) is 6.26. The number of anilines is 2. The van der Waals surface area contributed by atoms with Crippen molar-refractivity contribution in [3.63, 3.8) is 0 Å². The number of rotatable bonds is 5. The molecular weight excluding hydrogens is 252 g/mol. The van der Waals surface area contributed by atoms with Gasteiger partial charge >= 0.3 is 0 Å². The van der Waals surface area contributed by atoms with Crippen molar-refractivity contribution in [1.29, 1.82) is 5.26 Å². The molecule has 0 aliphatic rings. The summed E-state index contributed by atoms with van der Waals surface area (Å²) in [5, 5.41) is 8.87. The highest BCUT2D eigenvalue weighted by Crippen LogP contribution is 2.15. The zero-order valence-corrected chi connectivity index (χ0v) is 11.6. The number of nitriles is 1. The highest BCUT2D eigenvalue weighted by Gasteiger charge is 2.07. The van der Waals surface area contributed by atoms with E-state index < -0.39 is 0 Å². The van der Waals surface area contributed by atoms with E-state index >= 15 is 0 Å². The molecular formula is C14H16N6. The summed E-state index contributed by atoms with van der Waals surface area (Å²) in [6.07, 6.45) is 7.99. The van der Waals surface area contributed by atoms with Crippen LogP contribution in [0.4, 0.5) is 11.6 Å². The van der Waals surface area contributed by atoms with Crippen LogP contribution < -0.4 is 9.80 Å². The van der Waals surface area contributed by atoms with Gasteiger partial charge in [0.15, 0.2) is 6.19 Å². The van der Waals surface area contributed by atoms with Gasteiger partial charge in [-0.3, -0.25) is 9.88 Å². The second-order valence-electron chi connectivity index (χ2n) is 4.42. The largest absolute Gasteiger partial charge is 0.359 e. The number of hydrogen-bond donors (Lipinski definition) is 0. The topological polar surface area (TPSA) is 68.9 Å². The fourth-order valence-electron chi connectivity index (χ4n) is 1.74. The maximum Gasteiger partial charge on any atom is 0.185 e. The summed E-state index contributed by atoms with van der Waals surface area (Å²) in [6, 6.07) is 5.81. The molecule has 2 heterocycles. The number of hydrogen-bond acceptors (Lipinski definition) is 6. The number of nitrogens with zero attached hydrogens (tertiary/aromatic N) is 6. The lowest BCUT2D eigenvalue weighted by molar-refractivity contribution is 0.853. The highest BCUT2D eigenvalue weighted by molar-refractivity contribution is 5.51. The van der Waals surface area contributed by atoms with Gasteiger partial charge in [-0.25, -0.2) is 9.97 Å². The Balaban J connectivity index is 2.02. The second-order valence-corrected chi connectivity index (χ2v) is 4.42. The van der Waals surface area contributed by atoms with Gasteiger partial charge in [0.2, 0.25) is 0 Å². The van der Waals surface area contributed by atoms with Gasteiger partial charge < -0.3 is 4.90 Å². The summed E-state index contributed by atoms with van der Waals surface area (Å²) in [5.74, 6) is 1.39. The van der Waals surface area contributed by atoms with Crippen LogP contribution in [0.2, 0.25) is 0 Å². The Morgan fingerprint density at radius 3 is 2.55 bits per heavy atom. The summed E-state index contributed by atoms with van der Waals surface area (Å²) >= 11 is 0. The monoisotopic (exact) mass is 268 g/mol. The zero-order chi connectivity index (χ0) is 14.4. The van der Waals surface area contributed by atoms with Gasteiger partial charge in [0.1, 0.15) is 18.0 Å². The van der Waals surface area contributed by atoms with E-state index in [4.69, 9.17) is 5.26 Å². The van der Waals surface area contributed by atoms with Gasteiger partial charge in [0, 0.05) is 39.1 Å². The molecule has 0 saturated heterocycles. The van der Waals surface area contributed by atoms with Crippen molar-refractivity contribution in [2.24, 2.45) is 0 Å². The van der Waals surface area contributed by atoms with Gasteiger partial charge in [-0.05, 0) is 24.1 Å². The average Bonchev–Trinajstić information content (AvgIpc) is 2.53. The van der Waals surface area contributed by atoms with Crippen LogP contribution in [0.1, 0.15) is 5.56 Å². The third kappa shape index (κ3) is 3.42. The third-order valence-corrected chi connectivity index (χ3v) is 3.01. The molecule has 6 nitrogen and oxygen atoms in total. The lowest BCUT2D eigenvalue weighted by Crippen LogP contribution is -2.22. The average molecular weight is 268 g/mol. The van der Waals surface area contributed by atoms with Gasteiger partial charge in [0.05, 0.1) is 0 Å². The molecule has 0 amide bonds. The number of pyridine rings is 1. The normalized spacial score (nSPS) is 9.85. The van der Waals surface area contributed by atoms with Crippen molar-refractivity contribution in [2.45, 2.75) is 6.42 Å². The second kappa shape index (κ2) is 6.48. The van der Waals surface area contributed by atoms with Crippen LogP contribution >= 0.6 is 0 Å². The lowest BCUT2D eigenvalue weighted by atomic mass is 10.2. The van der Waals surface area contributed by atoms with E-state index in [2.05, 4.69) is 15.0 Å². The molecule has 0 saturated carbocycles. The Morgan fingerprint density at radius 1 is 1.15 bits per heavy atom. The quantitative estimate of drug-likeness (QED) is 0.604. The third-order valence-electron chi connectivity index (χ3n) is 3.01. The summed E-state index contributed by atoms with van der Waals surface area (Å²) in [5.41, 5.74) is 1.23. The van der Waals surface area contributed by atoms with Gasteiger partial charge in [-0.1, -0.05) is 0 Å². The molecule has 0 aliphatic carbocycles. The lowest BCUT2D eigenvalue weighted by Gasteiger charge is -2.19. The summed E-state index contributed by atoms with van der Waals surface area (Å²) in [6.45, 7) is 0.830. The van der Waals surface area contributed by atoms with Crippen LogP contribution in [0.3, 0.4) is 0 Å². The highest BCUT2D eigenvalue weighted by atomic mass is 15.2. The van der Waals surface area contributed by atoms with Crippen molar-refractivity contribution in [3.05, 3.63) is 42.5 Å². The summed E-state index contributed by atoms with van der Waals surface area (Å²) in [4.78, 5) is 15.7. The molecule has 102 valence electrons. The summed E-state index contributed by atoms with van der Waals surface area (Å²) in [7, 11) is 3.64. The number of aromatic nitrogens is 3. The van der Waals surface area contributed by atoms with E-state index in [-0.39, 0.29) is 0 Å².